The Labute approximate surface area is 414 Å². The molecule has 6 aromatic rings. The molecule has 360 valence electrons. The van der Waals surface area contributed by atoms with E-state index in [0.717, 1.165) is 29.7 Å². The van der Waals surface area contributed by atoms with Crippen molar-refractivity contribution in [2.75, 3.05) is 49.2 Å². The van der Waals surface area contributed by atoms with Crippen LogP contribution in [-0.2, 0) is 18.8 Å². The minimum absolute atomic E-state index is 0. The Balaban J connectivity index is 0.000000242. The first kappa shape index (κ1) is 56.1. The summed E-state index contributed by atoms with van der Waals surface area (Å²) in [4.78, 5) is 51.0. The third-order valence-electron chi connectivity index (χ3n) is 10.4. The molecular weight excluding hydrogens is 1070 g/mol. The fourth-order valence-corrected chi connectivity index (χ4v) is 7.38. The van der Waals surface area contributed by atoms with E-state index in [0.29, 0.717) is 39.3 Å². The number of carbonyl (C=O) groups is 2. The number of benzene rings is 4. The number of aromatic amines is 2. The van der Waals surface area contributed by atoms with Crippen LogP contribution in [0.15, 0.2) is 108 Å². The Morgan fingerprint density at radius 1 is 0.642 bits per heavy atom. The molecule has 1 fully saturated rings. The summed E-state index contributed by atoms with van der Waals surface area (Å²) in [6.45, 7) is 8.30. The minimum Gasteiger partial charge on any atom is -0.497 e. The second-order valence-electron chi connectivity index (χ2n) is 15.1. The molecule has 20 heteroatoms. The van der Waals surface area contributed by atoms with Crippen LogP contribution in [0, 0.1) is 0 Å². The van der Waals surface area contributed by atoms with E-state index in [9.17, 15) is 19.2 Å². The van der Waals surface area contributed by atoms with Crippen molar-refractivity contribution in [3.63, 3.8) is 0 Å². The van der Waals surface area contributed by atoms with E-state index in [1.165, 1.54) is 33.5 Å². The van der Waals surface area contributed by atoms with E-state index >= 15 is 0 Å². The summed E-state index contributed by atoms with van der Waals surface area (Å²) < 4.78 is 45.1. The van der Waals surface area contributed by atoms with Crippen molar-refractivity contribution in [1.29, 1.82) is 0 Å². The Morgan fingerprint density at radius 3 is 1.54 bits per heavy atom. The Morgan fingerprint density at radius 2 is 1.07 bits per heavy atom. The van der Waals surface area contributed by atoms with Crippen LogP contribution < -0.4 is 40.8 Å². The molecule has 3 heterocycles. The molecule has 1 saturated heterocycles. The van der Waals surface area contributed by atoms with Gasteiger partial charge in [-0.1, -0.05) is 13.5 Å². The number of carbonyl (C=O) groups excluding carboxylic acids is 1. The number of nitrogens with one attached hydrogen (secondary N) is 3. The molecule has 16 nitrogen and oxygen atoms in total. The van der Waals surface area contributed by atoms with Crippen LogP contribution in [0.2, 0.25) is 0 Å². The second-order valence-corrected chi connectivity index (χ2v) is 17.6. The summed E-state index contributed by atoms with van der Waals surface area (Å²) in [6, 6.07) is 20.7. The zero-order valence-corrected chi connectivity index (χ0v) is 42.7. The number of carboxylic acid groups (broad SMARTS) is 1. The van der Waals surface area contributed by atoms with E-state index in [2.05, 4.69) is 63.1 Å². The van der Waals surface area contributed by atoms with Crippen LogP contribution in [-0.4, -0.2) is 101 Å². The molecule has 67 heavy (non-hydrogen) atoms. The molecule has 0 bridgehead atoms. The lowest BCUT2D eigenvalue weighted by Gasteiger charge is -2.32. The van der Waals surface area contributed by atoms with Crippen molar-refractivity contribution in [2.24, 2.45) is 0 Å². The lowest BCUT2D eigenvalue weighted by molar-refractivity contribution is -0.0974. The summed E-state index contributed by atoms with van der Waals surface area (Å²) in [6.07, 6.45) is 2.81. The first-order valence-corrected chi connectivity index (χ1v) is 22.3. The van der Waals surface area contributed by atoms with E-state index in [1.54, 1.807) is 70.1 Å². The zero-order valence-electron chi connectivity index (χ0n) is 37.9. The topological polar surface area (TPSA) is 206 Å². The number of rotatable bonds is 11. The van der Waals surface area contributed by atoms with Gasteiger partial charge in [0, 0.05) is 37.6 Å². The van der Waals surface area contributed by atoms with Gasteiger partial charge in [-0.2, -0.15) is 0 Å². The van der Waals surface area contributed by atoms with Gasteiger partial charge in [-0.15, -0.1) is 0 Å². The second kappa shape index (κ2) is 25.2. The minimum atomic E-state index is -0.958. The molecule has 0 saturated carbocycles. The largest absolute Gasteiger partial charge is 0.498 e. The number of hydrogen-bond acceptors (Lipinski definition) is 12. The number of methoxy groups -OCH3 is 6. The monoisotopic (exact) mass is 1120 g/mol. The highest BCUT2D eigenvalue weighted by Gasteiger charge is 2.52. The maximum atomic E-state index is 11.9. The molecule has 4 N–H and O–H groups in total. The number of hydrogen-bond donors (Lipinski definition) is 4. The number of ether oxygens (including phenoxy) is 6. The highest BCUT2D eigenvalue weighted by atomic mass is 79.9. The van der Waals surface area contributed by atoms with Gasteiger partial charge in [-0.25, -0.2) is 4.79 Å². The van der Waals surface area contributed by atoms with Gasteiger partial charge in [0.1, 0.15) is 23.0 Å². The van der Waals surface area contributed by atoms with Crippen molar-refractivity contribution in [3.8, 4) is 23.0 Å². The molecular formula is C47H55BBr3N3O13. The van der Waals surface area contributed by atoms with E-state index in [-0.39, 0.29) is 36.6 Å². The van der Waals surface area contributed by atoms with Crippen molar-refractivity contribution < 1.29 is 52.4 Å². The lowest BCUT2D eigenvalue weighted by atomic mass is 9.77. The summed E-state index contributed by atoms with van der Waals surface area (Å²) >= 11 is 9.91. The van der Waals surface area contributed by atoms with Crippen LogP contribution in [0.3, 0.4) is 0 Å². The number of aromatic nitrogens is 2. The number of carboxylic acids is 1. The number of pyridine rings is 2. The quantitative estimate of drug-likeness (QED) is 0.0709. The molecule has 0 atom stereocenters. The third kappa shape index (κ3) is 14.4. The zero-order chi connectivity index (χ0) is 48.9. The highest BCUT2D eigenvalue weighted by molar-refractivity contribution is 9.11. The van der Waals surface area contributed by atoms with Gasteiger partial charge in [-0.05, 0) is 153 Å². The fourth-order valence-electron chi connectivity index (χ4n) is 6.04. The van der Waals surface area contributed by atoms with Crippen molar-refractivity contribution >= 4 is 93.8 Å². The van der Waals surface area contributed by atoms with Crippen molar-refractivity contribution in [1.82, 2.24) is 15.3 Å². The van der Waals surface area contributed by atoms with Crippen LogP contribution in [0.25, 0.3) is 21.5 Å². The predicted octanol–water partition coefficient (Wildman–Crippen LogP) is 8.73. The lowest BCUT2D eigenvalue weighted by Crippen LogP contribution is -2.41. The first-order chi connectivity index (χ1) is 31.2. The Kier molecular flexibility index (Phi) is 21.1. The molecule has 4 aromatic carbocycles. The number of H-pyrrole nitrogens is 2. The molecule has 1 aliphatic rings. The average Bonchev–Trinajstić information content (AvgIpc) is 3.52. The normalized spacial score (nSPS) is 13.1. The predicted molar refractivity (Wildman–Crippen MR) is 271 cm³/mol. The summed E-state index contributed by atoms with van der Waals surface area (Å²) in [7, 11) is 8.70. The van der Waals surface area contributed by atoms with Gasteiger partial charge in [-0.3, -0.25) is 14.4 Å². The molecule has 1 aliphatic heterocycles. The highest BCUT2D eigenvalue weighted by Crippen LogP contribution is 2.37. The number of fused-ring (bicyclic) bond motifs is 2. The summed E-state index contributed by atoms with van der Waals surface area (Å²) in [5.74, 6) is 1.21. The molecule has 7 rings (SSSR count). The molecule has 2 aromatic heterocycles. The van der Waals surface area contributed by atoms with E-state index < -0.39 is 30.6 Å². The van der Waals surface area contributed by atoms with Crippen molar-refractivity contribution in [3.05, 3.63) is 130 Å². The fraction of sp³-hybridized carbons (Fsp3) is 0.319. The summed E-state index contributed by atoms with van der Waals surface area (Å²) in [5.41, 5.74) is 0.428. The Hall–Kier alpha value is -5.22. The third-order valence-corrected chi connectivity index (χ3v) is 12.4. The molecule has 1 amide bonds. The van der Waals surface area contributed by atoms with Gasteiger partial charge in [0.05, 0.1) is 75.9 Å². The smallest absolute Gasteiger partial charge is 0.497 e. The van der Waals surface area contributed by atoms with Crippen LogP contribution in [0.1, 0.15) is 55.8 Å². The van der Waals surface area contributed by atoms with Gasteiger partial charge in [0.25, 0.3) is 17.0 Å². The number of amides is 1. The van der Waals surface area contributed by atoms with Gasteiger partial charge < -0.3 is 58.1 Å². The number of aromatic carboxylic acids is 1. The molecule has 0 aliphatic carbocycles. The van der Waals surface area contributed by atoms with Gasteiger partial charge in [0.15, 0.2) is 6.29 Å². The maximum Gasteiger partial charge on any atom is 0.498 e. The van der Waals surface area contributed by atoms with Gasteiger partial charge >= 0.3 is 13.1 Å². The first-order valence-electron chi connectivity index (χ1n) is 19.9. The van der Waals surface area contributed by atoms with Gasteiger partial charge in [0.2, 0.25) is 0 Å². The molecule has 0 spiro atoms. The standard InChI is InChI=1S/C16H20BNO4.C12H16BrNO4.C10H8BrNO2.C8H7BrO3.CH4/c1-15(2)16(3,4)22-17(21-15)12-8-10-6-7-18-14(19)11(10)9-13(12)20-5;1-16-10-6-8(4-5-9(10)13)12(15)14-7-11(17-2)18-3;1-14-9-5-7-6(4-8(9)11)2-3-12-10(7)13;1-12-7-4-5(8(10)11)2-3-6(7)9;/h6-9H,1-5H3,(H,18,19);4-6,11H,7H2,1-3H3,(H,14,15);2-5H,1H3,(H,12,13);2-4H,1H3,(H,10,11);1H4. The SMILES string of the molecule is C.COc1cc(C(=O)NCC(OC)OC)ccc1Br.COc1cc(C(=O)O)ccc1Br.COc1cc2c(=O)[nH]ccc2cc1B1OC(C)(C)C(C)(C)O1.COc1cc2c(=O)[nH]ccc2cc1Br. The molecule has 0 radical (unpaired) electrons. The summed E-state index contributed by atoms with van der Waals surface area (Å²) in [5, 5.41) is 14.3. The van der Waals surface area contributed by atoms with Crippen LogP contribution in [0.5, 0.6) is 23.0 Å². The average molecular weight is 1120 g/mol. The van der Waals surface area contributed by atoms with Crippen molar-refractivity contribution in [2.45, 2.75) is 52.6 Å². The maximum absolute atomic E-state index is 11.9. The number of halogens is 3. The van der Waals surface area contributed by atoms with Crippen LogP contribution in [0.4, 0.5) is 0 Å². The van der Waals surface area contributed by atoms with E-state index in [1.807, 2.05) is 52.0 Å². The van der Waals surface area contributed by atoms with E-state index in [4.69, 9.17) is 42.8 Å². The molecule has 0 unspecified atom stereocenters. The Bertz CT molecular complexity index is 2750. The van der Waals surface area contributed by atoms with Crippen LogP contribution >= 0.6 is 47.8 Å².